The lowest BCUT2D eigenvalue weighted by Crippen LogP contribution is -2.18. The van der Waals surface area contributed by atoms with E-state index in [0.717, 1.165) is 27.7 Å². The van der Waals surface area contributed by atoms with Crippen LogP contribution in [0.3, 0.4) is 0 Å². The number of hydrogen-bond acceptors (Lipinski definition) is 2. The van der Waals surface area contributed by atoms with Crippen molar-refractivity contribution in [1.29, 1.82) is 0 Å². The summed E-state index contributed by atoms with van der Waals surface area (Å²) in [5, 5.41) is 4.68. The first-order valence-corrected chi connectivity index (χ1v) is 6.76. The third kappa shape index (κ3) is 2.34. The van der Waals surface area contributed by atoms with Gasteiger partial charge in [0, 0.05) is 21.3 Å². The van der Waals surface area contributed by atoms with Crippen LogP contribution in [-0.2, 0) is 0 Å². The van der Waals surface area contributed by atoms with E-state index in [0.29, 0.717) is 5.02 Å². The van der Waals surface area contributed by atoms with Gasteiger partial charge >= 0.3 is 0 Å². The minimum atomic E-state index is -0.108. The molecule has 1 N–H and O–H groups in total. The summed E-state index contributed by atoms with van der Waals surface area (Å²) < 4.78 is 0. The number of nitrogens with zero attached hydrogens (tertiary/aromatic N) is 1. The number of halogens is 2. The van der Waals surface area contributed by atoms with Crippen molar-refractivity contribution in [2.24, 2.45) is 4.99 Å². The summed E-state index contributed by atoms with van der Waals surface area (Å²) in [6, 6.07) is 13.4. The van der Waals surface area contributed by atoms with Crippen LogP contribution >= 0.6 is 23.2 Å². The van der Waals surface area contributed by atoms with Gasteiger partial charge in [-0.1, -0.05) is 41.4 Å². The van der Waals surface area contributed by atoms with Crippen LogP contribution in [0.15, 0.2) is 47.5 Å². The fourth-order valence-electron chi connectivity index (χ4n) is 2.30. The number of nitrogens with one attached hydrogen (secondary N) is 1. The standard InChI is InChI=1S/C15H12Cl2N2/c1-9-18-14-7-6-10(16)8-12(14)15(19-9)11-4-2-3-5-13(11)17/h2-8,15H,1H3,(H,18,19). The van der Waals surface area contributed by atoms with Gasteiger partial charge in [0.25, 0.3) is 0 Å². The van der Waals surface area contributed by atoms with Crippen LogP contribution in [-0.4, -0.2) is 5.84 Å². The molecule has 0 aromatic heterocycles. The van der Waals surface area contributed by atoms with Crippen molar-refractivity contribution in [2.75, 3.05) is 5.32 Å². The first-order valence-electron chi connectivity index (χ1n) is 6.00. The molecule has 2 aromatic rings. The summed E-state index contributed by atoms with van der Waals surface area (Å²) in [4.78, 5) is 4.66. The Hall–Kier alpha value is -1.51. The lowest BCUT2D eigenvalue weighted by atomic mass is 9.96. The van der Waals surface area contributed by atoms with Gasteiger partial charge in [0.2, 0.25) is 0 Å². The van der Waals surface area contributed by atoms with Gasteiger partial charge in [-0.15, -0.1) is 0 Å². The Morgan fingerprint density at radius 2 is 1.84 bits per heavy atom. The Labute approximate surface area is 122 Å². The highest BCUT2D eigenvalue weighted by Crippen LogP contribution is 2.38. The van der Waals surface area contributed by atoms with E-state index in [1.807, 2.05) is 49.4 Å². The van der Waals surface area contributed by atoms with E-state index < -0.39 is 0 Å². The van der Waals surface area contributed by atoms with Crippen LogP contribution < -0.4 is 5.32 Å². The summed E-state index contributed by atoms with van der Waals surface area (Å²) in [7, 11) is 0. The van der Waals surface area contributed by atoms with Gasteiger partial charge < -0.3 is 5.32 Å². The number of amidine groups is 1. The van der Waals surface area contributed by atoms with Crippen LogP contribution in [0.5, 0.6) is 0 Å². The molecule has 1 aliphatic rings. The minimum absolute atomic E-state index is 0.108. The van der Waals surface area contributed by atoms with E-state index in [9.17, 15) is 0 Å². The Bertz CT molecular complexity index is 665. The molecule has 0 amide bonds. The second-order valence-corrected chi connectivity index (χ2v) is 5.34. The molecule has 0 radical (unpaired) electrons. The summed E-state index contributed by atoms with van der Waals surface area (Å²) in [6.07, 6.45) is 0. The first kappa shape index (κ1) is 12.5. The van der Waals surface area contributed by atoms with Crippen molar-refractivity contribution in [2.45, 2.75) is 13.0 Å². The zero-order chi connectivity index (χ0) is 13.4. The van der Waals surface area contributed by atoms with Gasteiger partial charge in [-0.3, -0.25) is 4.99 Å². The van der Waals surface area contributed by atoms with Crippen LogP contribution in [0.2, 0.25) is 10.0 Å². The Morgan fingerprint density at radius 1 is 1.05 bits per heavy atom. The monoisotopic (exact) mass is 290 g/mol. The van der Waals surface area contributed by atoms with E-state index in [-0.39, 0.29) is 6.04 Å². The largest absolute Gasteiger partial charge is 0.344 e. The molecule has 3 rings (SSSR count). The Balaban J connectivity index is 2.18. The molecule has 1 unspecified atom stereocenters. The van der Waals surface area contributed by atoms with Gasteiger partial charge in [0.1, 0.15) is 6.04 Å². The van der Waals surface area contributed by atoms with Crippen molar-refractivity contribution in [1.82, 2.24) is 0 Å². The second kappa shape index (κ2) is 4.87. The zero-order valence-corrected chi connectivity index (χ0v) is 11.8. The summed E-state index contributed by atoms with van der Waals surface area (Å²) in [5.74, 6) is 0.875. The fraction of sp³-hybridized carbons (Fsp3) is 0.133. The topological polar surface area (TPSA) is 24.4 Å². The number of benzene rings is 2. The van der Waals surface area contributed by atoms with Gasteiger partial charge in [-0.25, -0.2) is 0 Å². The highest BCUT2D eigenvalue weighted by molar-refractivity contribution is 6.31. The first-order chi connectivity index (χ1) is 9.15. The number of fused-ring (bicyclic) bond motifs is 1. The number of aliphatic imine (C=N–C) groups is 1. The molecule has 1 aliphatic heterocycles. The van der Waals surface area contributed by atoms with Crippen LogP contribution in [0.25, 0.3) is 0 Å². The molecule has 2 nitrogen and oxygen atoms in total. The maximum atomic E-state index is 6.29. The molecule has 0 aliphatic carbocycles. The average molecular weight is 291 g/mol. The second-order valence-electron chi connectivity index (χ2n) is 4.50. The van der Waals surface area contributed by atoms with Crippen LogP contribution in [0.1, 0.15) is 24.1 Å². The van der Waals surface area contributed by atoms with E-state index in [2.05, 4.69) is 10.3 Å². The van der Waals surface area contributed by atoms with Gasteiger partial charge in [-0.2, -0.15) is 0 Å². The number of hydrogen-bond donors (Lipinski definition) is 1. The highest BCUT2D eigenvalue weighted by Gasteiger charge is 2.23. The molecule has 19 heavy (non-hydrogen) atoms. The van der Waals surface area contributed by atoms with Crippen molar-refractivity contribution in [3.05, 3.63) is 63.6 Å². The highest BCUT2D eigenvalue weighted by atomic mass is 35.5. The molecule has 4 heteroatoms. The third-order valence-electron chi connectivity index (χ3n) is 3.15. The van der Waals surface area contributed by atoms with E-state index in [4.69, 9.17) is 23.2 Å². The van der Waals surface area contributed by atoms with E-state index in [1.165, 1.54) is 0 Å². The van der Waals surface area contributed by atoms with Crippen molar-refractivity contribution < 1.29 is 0 Å². The maximum Gasteiger partial charge on any atom is 0.105 e. The predicted octanol–water partition coefficient (Wildman–Crippen LogP) is 4.93. The van der Waals surface area contributed by atoms with E-state index >= 15 is 0 Å². The summed E-state index contributed by atoms with van der Waals surface area (Å²) in [5.41, 5.74) is 3.07. The van der Waals surface area contributed by atoms with Crippen LogP contribution in [0.4, 0.5) is 5.69 Å². The predicted molar refractivity (Wildman–Crippen MR) is 81.5 cm³/mol. The Morgan fingerprint density at radius 3 is 2.63 bits per heavy atom. The molecule has 1 heterocycles. The molecule has 0 spiro atoms. The Kier molecular flexibility index (Phi) is 3.21. The van der Waals surface area contributed by atoms with Crippen molar-refractivity contribution in [3.63, 3.8) is 0 Å². The smallest absolute Gasteiger partial charge is 0.105 e. The molecule has 0 saturated carbocycles. The molecular weight excluding hydrogens is 279 g/mol. The third-order valence-corrected chi connectivity index (χ3v) is 3.73. The van der Waals surface area contributed by atoms with Gasteiger partial charge in [0.15, 0.2) is 0 Å². The molecular formula is C15H12Cl2N2. The van der Waals surface area contributed by atoms with Gasteiger partial charge in [-0.05, 0) is 36.8 Å². The van der Waals surface area contributed by atoms with Gasteiger partial charge in [0.05, 0.1) is 5.84 Å². The maximum absolute atomic E-state index is 6.29. The van der Waals surface area contributed by atoms with Crippen molar-refractivity contribution in [3.8, 4) is 0 Å². The molecule has 0 saturated heterocycles. The molecule has 96 valence electrons. The SMILES string of the molecule is CC1=NC(c2ccccc2Cl)c2cc(Cl)ccc2N1. The normalized spacial score (nSPS) is 17.4. The summed E-state index contributed by atoms with van der Waals surface area (Å²) >= 11 is 12.4. The van der Waals surface area contributed by atoms with E-state index in [1.54, 1.807) is 0 Å². The van der Waals surface area contributed by atoms with Crippen molar-refractivity contribution >= 4 is 34.7 Å². The number of anilines is 1. The minimum Gasteiger partial charge on any atom is -0.344 e. The molecule has 0 bridgehead atoms. The molecule has 0 fully saturated rings. The molecule has 1 atom stereocenters. The molecule has 2 aromatic carbocycles. The number of rotatable bonds is 1. The lowest BCUT2D eigenvalue weighted by Gasteiger charge is -2.25. The fourth-order valence-corrected chi connectivity index (χ4v) is 2.72. The quantitative estimate of drug-likeness (QED) is 0.791. The lowest BCUT2D eigenvalue weighted by molar-refractivity contribution is 0.862. The zero-order valence-electron chi connectivity index (χ0n) is 10.3. The average Bonchev–Trinajstić information content (AvgIpc) is 2.39. The summed E-state index contributed by atoms with van der Waals surface area (Å²) in [6.45, 7) is 1.95. The van der Waals surface area contributed by atoms with Crippen LogP contribution in [0, 0.1) is 0 Å².